The number of aryl methyl sites for hydroxylation is 3. The van der Waals surface area contributed by atoms with E-state index in [1.54, 1.807) is 0 Å². The van der Waals surface area contributed by atoms with Gasteiger partial charge >= 0.3 is 0 Å². The van der Waals surface area contributed by atoms with Gasteiger partial charge in [0.25, 0.3) is 0 Å². The molecule has 0 atom stereocenters. The first-order valence-electron chi connectivity index (χ1n) is 8.56. The van der Waals surface area contributed by atoms with E-state index in [4.69, 9.17) is 4.98 Å². The van der Waals surface area contributed by atoms with Crippen molar-refractivity contribution in [1.29, 1.82) is 0 Å². The van der Waals surface area contributed by atoms with Crippen molar-refractivity contribution in [2.75, 3.05) is 0 Å². The van der Waals surface area contributed by atoms with E-state index in [1.807, 2.05) is 11.6 Å². The van der Waals surface area contributed by atoms with Gasteiger partial charge in [-0.25, -0.2) is 9.67 Å². The summed E-state index contributed by atoms with van der Waals surface area (Å²) in [5.41, 5.74) is 5.43. The average molecular weight is 405 g/mol. The maximum absolute atomic E-state index is 4.95. The third-order valence-electron chi connectivity index (χ3n) is 4.88. The lowest BCUT2D eigenvalue weighted by Crippen LogP contribution is -1.98. The van der Waals surface area contributed by atoms with Gasteiger partial charge < -0.3 is 0 Å². The number of halogens is 1. The molecule has 0 fully saturated rings. The summed E-state index contributed by atoms with van der Waals surface area (Å²) in [5.74, 6) is 0.843. The molecule has 26 heavy (non-hydrogen) atoms. The second-order valence-electron chi connectivity index (χ2n) is 6.80. The van der Waals surface area contributed by atoms with Crippen LogP contribution in [-0.2, 0) is 0 Å². The Bertz CT molecular complexity index is 1330. The van der Waals surface area contributed by atoms with Gasteiger partial charge in [0, 0.05) is 20.9 Å². The van der Waals surface area contributed by atoms with Crippen LogP contribution in [0.5, 0.6) is 0 Å². The Morgan fingerprint density at radius 1 is 0.923 bits per heavy atom. The highest BCUT2D eigenvalue weighted by atomic mass is 79.9. The van der Waals surface area contributed by atoms with Crippen LogP contribution in [0.2, 0.25) is 0 Å². The Labute approximate surface area is 159 Å². The van der Waals surface area contributed by atoms with Crippen LogP contribution in [0.15, 0.2) is 53.1 Å². The molecule has 3 aromatic heterocycles. The highest BCUT2D eigenvalue weighted by Gasteiger charge is 2.15. The van der Waals surface area contributed by atoms with E-state index in [0.717, 1.165) is 32.7 Å². The molecule has 3 heterocycles. The minimum atomic E-state index is 0.843. The van der Waals surface area contributed by atoms with Crippen LogP contribution in [-0.4, -0.2) is 19.2 Å². The largest absolute Gasteiger partial charge is 0.297 e. The number of hydrogen-bond donors (Lipinski definition) is 0. The second kappa shape index (κ2) is 5.42. The Hall–Kier alpha value is -2.66. The number of hydrogen-bond acceptors (Lipinski definition) is 2. The maximum atomic E-state index is 4.95. The fraction of sp³-hybridized carbons (Fsp3) is 0.143. The van der Waals surface area contributed by atoms with Crippen LogP contribution >= 0.6 is 15.9 Å². The Morgan fingerprint density at radius 2 is 1.69 bits per heavy atom. The summed E-state index contributed by atoms with van der Waals surface area (Å²) in [5, 5.41) is 8.18. The van der Waals surface area contributed by atoms with E-state index in [-0.39, 0.29) is 0 Å². The Kier molecular flexibility index (Phi) is 3.25. The number of imidazole rings is 1. The molecule has 128 valence electrons. The van der Waals surface area contributed by atoms with Crippen LogP contribution in [0.1, 0.15) is 17.0 Å². The first kappa shape index (κ1) is 15.6. The van der Waals surface area contributed by atoms with Crippen LogP contribution in [0.4, 0.5) is 0 Å². The predicted molar refractivity (Wildman–Crippen MR) is 109 cm³/mol. The fourth-order valence-electron chi connectivity index (χ4n) is 3.86. The van der Waals surface area contributed by atoms with E-state index >= 15 is 0 Å². The molecule has 0 saturated carbocycles. The van der Waals surface area contributed by atoms with Gasteiger partial charge in [0.15, 0.2) is 5.82 Å². The van der Waals surface area contributed by atoms with Crippen molar-refractivity contribution in [3.05, 3.63) is 70.1 Å². The van der Waals surface area contributed by atoms with Crippen LogP contribution in [0, 0.1) is 20.8 Å². The van der Waals surface area contributed by atoms with Gasteiger partial charge in [0.05, 0.1) is 17.4 Å². The smallest absolute Gasteiger partial charge is 0.172 e. The van der Waals surface area contributed by atoms with Crippen molar-refractivity contribution in [3.8, 4) is 5.82 Å². The van der Waals surface area contributed by atoms with Crippen molar-refractivity contribution >= 4 is 43.3 Å². The Morgan fingerprint density at radius 3 is 2.42 bits per heavy atom. The van der Waals surface area contributed by atoms with Crippen molar-refractivity contribution in [2.24, 2.45) is 0 Å². The molecular weight excluding hydrogens is 388 g/mol. The lowest BCUT2D eigenvalue weighted by molar-refractivity contribution is 0.813. The van der Waals surface area contributed by atoms with Gasteiger partial charge in [-0.3, -0.25) is 4.40 Å². The van der Waals surface area contributed by atoms with Gasteiger partial charge in [-0.15, -0.1) is 0 Å². The van der Waals surface area contributed by atoms with Crippen LogP contribution in [0.3, 0.4) is 0 Å². The molecule has 0 saturated heterocycles. The van der Waals surface area contributed by atoms with Crippen LogP contribution in [0.25, 0.3) is 33.1 Å². The molecule has 5 heteroatoms. The van der Waals surface area contributed by atoms with E-state index in [0.29, 0.717) is 0 Å². The molecule has 2 aromatic carbocycles. The number of aromatic nitrogens is 4. The van der Waals surface area contributed by atoms with Gasteiger partial charge in [-0.1, -0.05) is 40.2 Å². The van der Waals surface area contributed by atoms with E-state index in [2.05, 4.69) is 87.9 Å². The summed E-state index contributed by atoms with van der Waals surface area (Å²) in [6, 6.07) is 14.9. The first-order chi connectivity index (χ1) is 12.5. The highest BCUT2D eigenvalue weighted by molar-refractivity contribution is 9.10. The number of nitrogens with zero attached hydrogens (tertiary/aromatic N) is 4. The number of benzene rings is 2. The summed E-state index contributed by atoms with van der Waals surface area (Å²) in [6.07, 6.45) is 2.09. The Balaban J connectivity index is 2.00. The molecule has 5 rings (SSSR count). The standard InChI is InChI=1S/C21H17BrN4/c1-12-8-15(22)10-18-16-6-4-5-7-17(16)21-23-19(11-25(21)20(12)18)26-14(3)9-13(2)24-26/h4-11H,1-3H3. The molecule has 0 unspecified atom stereocenters. The first-order valence-corrected chi connectivity index (χ1v) is 9.35. The molecular formula is C21H17BrN4. The van der Waals surface area contributed by atoms with Crippen molar-refractivity contribution in [1.82, 2.24) is 19.2 Å². The molecule has 0 aliphatic rings. The number of fused-ring (bicyclic) bond motifs is 6. The van der Waals surface area contributed by atoms with Crippen molar-refractivity contribution in [3.63, 3.8) is 0 Å². The van der Waals surface area contributed by atoms with Crippen LogP contribution < -0.4 is 0 Å². The van der Waals surface area contributed by atoms with Gasteiger partial charge in [-0.05, 0) is 49.9 Å². The average Bonchev–Trinajstić information content (AvgIpc) is 3.17. The van der Waals surface area contributed by atoms with Crippen molar-refractivity contribution in [2.45, 2.75) is 20.8 Å². The molecule has 4 nitrogen and oxygen atoms in total. The lowest BCUT2D eigenvalue weighted by atomic mass is 10.0. The third-order valence-corrected chi connectivity index (χ3v) is 5.34. The molecule has 0 aliphatic heterocycles. The molecule has 5 aromatic rings. The third kappa shape index (κ3) is 2.13. The maximum Gasteiger partial charge on any atom is 0.172 e. The highest BCUT2D eigenvalue weighted by Crippen LogP contribution is 2.33. The SMILES string of the molecule is Cc1cc(C)n(-c2cn3c(n2)c2ccccc2c2cc(Br)cc(C)c23)n1. The lowest BCUT2D eigenvalue weighted by Gasteiger charge is -2.11. The van der Waals surface area contributed by atoms with Crippen molar-refractivity contribution < 1.29 is 0 Å². The number of rotatable bonds is 1. The molecule has 0 aliphatic carbocycles. The second-order valence-corrected chi connectivity index (χ2v) is 7.71. The zero-order chi connectivity index (χ0) is 18.0. The summed E-state index contributed by atoms with van der Waals surface area (Å²) < 4.78 is 5.20. The number of pyridine rings is 1. The molecule has 0 radical (unpaired) electrons. The van der Waals surface area contributed by atoms with E-state index < -0.39 is 0 Å². The summed E-state index contributed by atoms with van der Waals surface area (Å²) in [4.78, 5) is 4.95. The minimum absolute atomic E-state index is 0.843. The molecule has 0 spiro atoms. The van der Waals surface area contributed by atoms with Gasteiger partial charge in [0.1, 0.15) is 5.65 Å². The van der Waals surface area contributed by atoms with E-state index in [1.165, 1.54) is 21.9 Å². The minimum Gasteiger partial charge on any atom is -0.297 e. The quantitative estimate of drug-likeness (QED) is 0.345. The fourth-order valence-corrected chi connectivity index (χ4v) is 4.44. The van der Waals surface area contributed by atoms with E-state index in [9.17, 15) is 0 Å². The normalized spacial score (nSPS) is 11.8. The summed E-state index contributed by atoms with van der Waals surface area (Å²) in [7, 11) is 0. The van der Waals surface area contributed by atoms with Gasteiger partial charge in [0.2, 0.25) is 0 Å². The molecule has 0 bridgehead atoms. The predicted octanol–water partition coefficient (Wildman–Crippen LogP) is 5.51. The molecule has 0 amide bonds. The summed E-state index contributed by atoms with van der Waals surface area (Å²) in [6.45, 7) is 6.21. The molecule has 0 N–H and O–H groups in total. The zero-order valence-electron chi connectivity index (χ0n) is 14.8. The topological polar surface area (TPSA) is 35.1 Å². The zero-order valence-corrected chi connectivity index (χ0v) is 16.4. The van der Waals surface area contributed by atoms with Gasteiger partial charge in [-0.2, -0.15) is 5.10 Å². The summed E-state index contributed by atoms with van der Waals surface area (Å²) >= 11 is 3.65. The monoisotopic (exact) mass is 404 g/mol.